The van der Waals surface area contributed by atoms with Crippen LogP contribution in [-0.2, 0) is 4.74 Å². The Kier molecular flexibility index (Phi) is 3.87. The predicted octanol–water partition coefficient (Wildman–Crippen LogP) is 0.484. The largest absolute Gasteiger partial charge is 0.409 e. The van der Waals surface area contributed by atoms with Gasteiger partial charge >= 0.3 is 0 Å². The maximum atomic E-state index is 9.98. The van der Waals surface area contributed by atoms with Crippen molar-refractivity contribution >= 4 is 12.2 Å². The molecule has 1 saturated heterocycles. The number of aliphatic hydroxyl groups is 3. The lowest BCUT2D eigenvalue weighted by molar-refractivity contribution is -0.0602. The third-order valence-electron chi connectivity index (χ3n) is 3.35. The standard InChI is InChI=1S/C13H14N2O5S/c16-6-8-9(17)10(18)12(19-8)15-13(21)20-11(14-15)7-4-2-1-3-5-7/h1-5,8-10,12,16-18H,6H2/t8-,9+,10-,12+/m0/s1. The van der Waals surface area contributed by atoms with Gasteiger partial charge in [0.05, 0.1) is 6.61 Å². The van der Waals surface area contributed by atoms with Gasteiger partial charge in [0, 0.05) is 5.56 Å². The van der Waals surface area contributed by atoms with Crippen LogP contribution in [0.2, 0.25) is 0 Å². The van der Waals surface area contributed by atoms with E-state index in [1.54, 1.807) is 0 Å². The Balaban J connectivity index is 1.94. The summed E-state index contributed by atoms with van der Waals surface area (Å²) in [6.07, 6.45) is -4.34. The molecule has 7 nitrogen and oxygen atoms in total. The summed E-state index contributed by atoms with van der Waals surface area (Å²) in [6, 6.07) is 9.14. The van der Waals surface area contributed by atoms with Crippen molar-refractivity contribution in [3.05, 3.63) is 35.2 Å². The molecule has 0 unspecified atom stereocenters. The van der Waals surface area contributed by atoms with Crippen LogP contribution < -0.4 is 0 Å². The van der Waals surface area contributed by atoms with Gasteiger partial charge in [0.15, 0.2) is 6.23 Å². The summed E-state index contributed by atoms with van der Waals surface area (Å²) < 4.78 is 12.0. The van der Waals surface area contributed by atoms with E-state index in [1.807, 2.05) is 30.3 Å². The minimum Gasteiger partial charge on any atom is -0.409 e. The van der Waals surface area contributed by atoms with E-state index in [-0.39, 0.29) is 4.84 Å². The third kappa shape index (κ3) is 2.52. The average molecular weight is 310 g/mol. The topological polar surface area (TPSA) is 101 Å². The van der Waals surface area contributed by atoms with Gasteiger partial charge in [-0.05, 0) is 24.4 Å². The molecule has 0 bridgehead atoms. The van der Waals surface area contributed by atoms with Gasteiger partial charge in [-0.1, -0.05) is 18.2 Å². The molecular weight excluding hydrogens is 296 g/mol. The molecule has 0 saturated carbocycles. The monoisotopic (exact) mass is 310 g/mol. The van der Waals surface area contributed by atoms with E-state index in [1.165, 1.54) is 4.68 Å². The zero-order chi connectivity index (χ0) is 15.0. The molecule has 0 radical (unpaired) electrons. The van der Waals surface area contributed by atoms with Crippen LogP contribution in [0.4, 0.5) is 0 Å². The van der Waals surface area contributed by atoms with Crippen molar-refractivity contribution in [1.82, 2.24) is 9.78 Å². The highest BCUT2D eigenvalue weighted by atomic mass is 32.1. The smallest absolute Gasteiger partial charge is 0.289 e. The van der Waals surface area contributed by atoms with Crippen molar-refractivity contribution in [2.45, 2.75) is 24.5 Å². The van der Waals surface area contributed by atoms with Crippen LogP contribution in [0.3, 0.4) is 0 Å². The van der Waals surface area contributed by atoms with Gasteiger partial charge in [-0.25, -0.2) is 0 Å². The first kappa shape index (κ1) is 14.4. The maximum absolute atomic E-state index is 9.98. The van der Waals surface area contributed by atoms with E-state index in [4.69, 9.17) is 26.5 Å². The number of aliphatic hydroxyl groups excluding tert-OH is 3. The predicted molar refractivity (Wildman–Crippen MR) is 73.8 cm³/mol. The van der Waals surface area contributed by atoms with E-state index >= 15 is 0 Å². The van der Waals surface area contributed by atoms with Crippen molar-refractivity contribution in [2.75, 3.05) is 6.61 Å². The van der Waals surface area contributed by atoms with E-state index in [2.05, 4.69) is 5.10 Å². The van der Waals surface area contributed by atoms with E-state index in [0.29, 0.717) is 5.89 Å². The molecule has 21 heavy (non-hydrogen) atoms. The number of hydrogen-bond donors (Lipinski definition) is 3. The molecule has 0 aliphatic carbocycles. The summed E-state index contributed by atoms with van der Waals surface area (Å²) in [5.74, 6) is 0.290. The Hall–Kier alpha value is -1.58. The van der Waals surface area contributed by atoms with Crippen molar-refractivity contribution in [1.29, 1.82) is 0 Å². The summed E-state index contributed by atoms with van der Waals surface area (Å²) in [7, 11) is 0. The number of rotatable bonds is 3. The molecule has 0 spiro atoms. The Bertz CT molecular complexity index is 671. The highest BCUT2D eigenvalue weighted by Gasteiger charge is 2.44. The lowest BCUT2D eigenvalue weighted by Gasteiger charge is -2.13. The molecule has 112 valence electrons. The van der Waals surface area contributed by atoms with Gasteiger partial charge in [-0.15, -0.1) is 5.10 Å². The highest BCUT2D eigenvalue weighted by Crippen LogP contribution is 2.30. The van der Waals surface area contributed by atoms with Gasteiger partial charge in [0.1, 0.15) is 18.3 Å². The molecular formula is C13H14N2O5S. The van der Waals surface area contributed by atoms with Gasteiger partial charge in [-0.2, -0.15) is 4.68 Å². The molecule has 1 aromatic heterocycles. The zero-order valence-corrected chi connectivity index (χ0v) is 11.7. The number of aromatic nitrogens is 2. The van der Waals surface area contributed by atoms with Crippen LogP contribution in [-0.4, -0.2) is 50.0 Å². The van der Waals surface area contributed by atoms with E-state index in [9.17, 15) is 10.2 Å². The second-order valence-electron chi connectivity index (χ2n) is 4.71. The maximum Gasteiger partial charge on any atom is 0.289 e. The fraction of sp³-hybridized carbons (Fsp3) is 0.385. The molecule has 8 heteroatoms. The first-order valence-electron chi connectivity index (χ1n) is 6.39. The number of nitrogens with zero attached hydrogens (tertiary/aromatic N) is 2. The highest BCUT2D eigenvalue weighted by molar-refractivity contribution is 7.71. The molecule has 1 fully saturated rings. The van der Waals surface area contributed by atoms with E-state index in [0.717, 1.165) is 5.56 Å². The molecule has 1 aromatic carbocycles. The van der Waals surface area contributed by atoms with Gasteiger partial charge in [0.2, 0.25) is 5.89 Å². The minimum atomic E-state index is -1.25. The summed E-state index contributed by atoms with van der Waals surface area (Å²) >= 11 is 5.07. The minimum absolute atomic E-state index is 0.0173. The van der Waals surface area contributed by atoms with Crippen molar-refractivity contribution < 1.29 is 24.5 Å². The average Bonchev–Trinajstić information content (AvgIpc) is 3.02. The molecule has 1 aliphatic rings. The Morgan fingerprint density at radius 1 is 1.19 bits per heavy atom. The number of ether oxygens (including phenoxy) is 1. The Morgan fingerprint density at radius 2 is 1.90 bits per heavy atom. The van der Waals surface area contributed by atoms with Crippen molar-refractivity contribution in [2.24, 2.45) is 0 Å². The van der Waals surface area contributed by atoms with Crippen LogP contribution in [0.25, 0.3) is 11.5 Å². The third-order valence-corrected chi connectivity index (χ3v) is 3.62. The lowest BCUT2D eigenvalue weighted by atomic mass is 10.1. The summed E-state index contributed by atoms with van der Waals surface area (Å²) in [4.78, 5) is 0.0173. The second kappa shape index (κ2) is 5.66. The van der Waals surface area contributed by atoms with Crippen molar-refractivity contribution in [3.63, 3.8) is 0 Å². The first-order valence-corrected chi connectivity index (χ1v) is 6.80. The lowest BCUT2D eigenvalue weighted by Crippen LogP contribution is -2.33. The summed E-state index contributed by atoms with van der Waals surface area (Å²) in [6.45, 7) is -0.411. The molecule has 3 rings (SSSR count). The SMILES string of the molecule is OC[C@@H]1O[C@@H](n2nc(-c3ccccc3)oc2=S)[C@@H](O)[C@@H]1O. The van der Waals surface area contributed by atoms with Gasteiger partial charge < -0.3 is 24.5 Å². The van der Waals surface area contributed by atoms with Crippen molar-refractivity contribution in [3.8, 4) is 11.5 Å². The Morgan fingerprint density at radius 3 is 2.52 bits per heavy atom. The summed E-state index contributed by atoms with van der Waals surface area (Å²) in [5.41, 5.74) is 0.731. The molecule has 2 aromatic rings. The number of benzene rings is 1. The molecule has 3 N–H and O–H groups in total. The first-order chi connectivity index (χ1) is 10.1. The van der Waals surface area contributed by atoms with Crippen LogP contribution in [0.15, 0.2) is 34.7 Å². The van der Waals surface area contributed by atoms with Crippen LogP contribution in [0, 0.1) is 4.84 Å². The van der Waals surface area contributed by atoms with Gasteiger partial charge in [0.25, 0.3) is 4.84 Å². The molecule has 0 amide bonds. The van der Waals surface area contributed by atoms with E-state index < -0.39 is 31.1 Å². The summed E-state index contributed by atoms with van der Waals surface area (Å²) in [5, 5.41) is 33.0. The Labute approximate surface area is 125 Å². The van der Waals surface area contributed by atoms with Crippen LogP contribution >= 0.6 is 12.2 Å². The van der Waals surface area contributed by atoms with Crippen LogP contribution in [0.1, 0.15) is 6.23 Å². The van der Waals surface area contributed by atoms with Crippen LogP contribution in [0.5, 0.6) is 0 Å². The molecule has 1 aliphatic heterocycles. The fourth-order valence-electron chi connectivity index (χ4n) is 2.23. The second-order valence-corrected chi connectivity index (χ2v) is 5.06. The quantitative estimate of drug-likeness (QED) is 0.709. The fourth-order valence-corrected chi connectivity index (χ4v) is 2.45. The molecule has 2 heterocycles. The molecule has 4 atom stereocenters. The zero-order valence-electron chi connectivity index (χ0n) is 10.9. The number of hydrogen-bond acceptors (Lipinski definition) is 7. The normalized spacial score (nSPS) is 28.9. The van der Waals surface area contributed by atoms with Gasteiger partial charge in [-0.3, -0.25) is 0 Å².